The molecule has 1 aliphatic heterocycles. The molecule has 1 heterocycles. The Hall–Kier alpha value is -0.770. The van der Waals surface area contributed by atoms with E-state index in [0.29, 0.717) is 6.04 Å². The summed E-state index contributed by atoms with van der Waals surface area (Å²) < 4.78 is 5.56. The Bertz CT molecular complexity index is 397. The monoisotopic (exact) mass is 268 g/mol. The second kappa shape index (κ2) is 6.41. The van der Waals surface area contributed by atoms with E-state index in [1.807, 2.05) is 13.1 Å². The Morgan fingerprint density at radius 2 is 2.33 bits per heavy atom. The van der Waals surface area contributed by atoms with Gasteiger partial charge in [0.15, 0.2) is 0 Å². The van der Waals surface area contributed by atoms with Crippen molar-refractivity contribution in [2.24, 2.45) is 0 Å². The molecule has 18 heavy (non-hydrogen) atoms. The zero-order valence-electron chi connectivity index (χ0n) is 11.1. The van der Waals surface area contributed by atoms with Crippen LogP contribution in [0.15, 0.2) is 18.2 Å². The minimum Gasteiger partial charge on any atom is -0.377 e. The number of rotatable bonds is 4. The van der Waals surface area contributed by atoms with Crippen LogP contribution in [0.3, 0.4) is 0 Å². The van der Waals surface area contributed by atoms with Crippen LogP contribution in [-0.4, -0.2) is 32.8 Å². The highest BCUT2D eigenvalue weighted by Gasteiger charge is 2.23. The number of anilines is 1. The first-order chi connectivity index (χ1) is 8.76. The number of halogens is 1. The summed E-state index contributed by atoms with van der Waals surface area (Å²) in [5, 5.41) is 4.01. The molecule has 4 heteroatoms. The van der Waals surface area contributed by atoms with Gasteiger partial charge in [0.05, 0.1) is 19.3 Å². The van der Waals surface area contributed by atoms with Crippen LogP contribution in [-0.2, 0) is 11.3 Å². The summed E-state index contributed by atoms with van der Waals surface area (Å²) in [6.07, 6.45) is 1.09. The van der Waals surface area contributed by atoms with Crippen LogP contribution in [0.4, 0.5) is 5.69 Å². The van der Waals surface area contributed by atoms with Gasteiger partial charge in [-0.25, -0.2) is 0 Å². The maximum atomic E-state index is 6.15. The molecule has 0 aromatic heterocycles. The molecule has 0 aliphatic carbocycles. The average molecular weight is 269 g/mol. The van der Waals surface area contributed by atoms with Crippen molar-refractivity contribution in [2.75, 3.05) is 31.7 Å². The van der Waals surface area contributed by atoms with Crippen LogP contribution in [0.1, 0.15) is 18.9 Å². The van der Waals surface area contributed by atoms with Gasteiger partial charge in [-0.05, 0) is 31.2 Å². The highest BCUT2D eigenvalue weighted by atomic mass is 35.5. The third-order valence-corrected chi connectivity index (χ3v) is 3.66. The van der Waals surface area contributed by atoms with E-state index in [9.17, 15) is 0 Å². The molecule has 3 nitrogen and oxygen atoms in total. The summed E-state index contributed by atoms with van der Waals surface area (Å²) >= 11 is 6.15. The zero-order chi connectivity index (χ0) is 13.0. The number of nitrogens with one attached hydrogen (secondary N) is 1. The van der Waals surface area contributed by atoms with Gasteiger partial charge in [-0.1, -0.05) is 24.6 Å². The van der Waals surface area contributed by atoms with Gasteiger partial charge < -0.3 is 15.0 Å². The Kier molecular flexibility index (Phi) is 4.87. The molecule has 100 valence electrons. The van der Waals surface area contributed by atoms with E-state index in [1.54, 1.807) is 0 Å². The molecule has 0 radical (unpaired) electrons. The van der Waals surface area contributed by atoms with Crippen molar-refractivity contribution in [3.8, 4) is 0 Å². The van der Waals surface area contributed by atoms with Crippen LogP contribution in [0.25, 0.3) is 0 Å². The van der Waals surface area contributed by atoms with Crippen molar-refractivity contribution in [2.45, 2.75) is 25.9 Å². The first-order valence-electron chi connectivity index (χ1n) is 6.53. The predicted molar refractivity (Wildman–Crippen MR) is 76.5 cm³/mol. The van der Waals surface area contributed by atoms with Gasteiger partial charge in [-0.3, -0.25) is 0 Å². The standard InChI is InChI=1S/C14H21ClN2O/c1-3-13-10-18-7-6-17(13)14-8-12(15)5-4-11(14)9-16-2/h4-5,8,13,16H,3,6-7,9-10H2,1-2H3. The third kappa shape index (κ3) is 2.97. The topological polar surface area (TPSA) is 24.5 Å². The lowest BCUT2D eigenvalue weighted by Gasteiger charge is -2.38. The molecule has 1 saturated heterocycles. The van der Waals surface area contributed by atoms with Crippen molar-refractivity contribution in [1.29, 1.82) is 0 Å². The molecule has 0 amide bonds. The summed E-state index contributed by atoms with van der Waals surface area (Å²) in [5.74, 6) is 0. The van der Waals surface area contributed by atoms with Gasteiger partial charge in [0.1, 0.15) is 0 Å². The molecular weight excluding hydrogens is 248 g/mol. The van der Waals surface area contributed by atoms with Crippen molar-refractivity contribution < 1.29 is 4.74 Å². The van der Waals surface area contributed by atoms with E-state index in [2.05, 4.69) is 29.3 Å². The zero-order valence-corrected chi connectivity index (χ0v) is 11.8. The molecule has 0 saturated carbocycles. The first-order valence-corrected chi connectivity index (χ1v) is 6.91. The second-order valence-corrected chi connectivity index (χ2v) is 5.07. The maximum Gasteiger partial charge on any atom is 0.0670 e. The number of benzene rings is 1. The Labute approximate surface area is 114 Å². The summed E-state index contributed by atoms with van der Waals surface area (Å²) in [4.78, 5) is 2.43. The van der Waals surface area contributed by atoms with Crippen LogP contribution in [0.5, 0.6) is 0 Å². The molecule has 1 aromatic rings. The van der Waals surface area contributed by atoms with Crippen molar-refractivity contribution in [3.63, 3.8) is 0 Å². The van der Waals surface area contributed by atoms with Gasteiger partial charge in [-0.15, -0.1) is 0 Å². The van der Waals surface area contributed by atoms with E-state index < -0.39 is 0 Å². The molecule has 1 aromatic carbocycles. The predicted octanol–water partition coefficient (Wildman–Crippen LogP) is 2.67. The first kappa shape index (κ1) is 13.7. The molecule has 1 unspecified atom stereocenters. The van der Waals surface area contributed by atoms with E-state index in [4.69, 9.17) is 16.3 Å². The molecule has 1 atom stereocenters. The van der Waals surface area contributed by atoms with E-state index >= 15 is 0 Å². The minimum absolute atomic E-state index is 0.452. The fourth-order valence-corrected chi connectivity index (χ4v) is 2.62. The van der Waals surface area contributed by atoms with Gasteiger partial charge in [0.25, 0.3) is 0 Å². The molecular formula is C14H21ClN2O. The van der Waals surface area contributed by atoms with Crippen molar-refractivity contribution >= 4 is 17.3 Å². The smallest absolute Gasteiger partial charge is 0.0670 e. The molecule has 1 N–H and O–H groups in total. The number of ether oxygens (including phenoxy) is 1. The fourth-order valence-electron chi connectivity index (χ4n) is 2.45. The van der Waals surface area contributed by atoms with Gasteiger partial charge >= 0.3 is 0 Å². The lowest BCUT2D eigenvalue weighted by Crippen LogP contribution is -2.45. The molecule has 0 spiro atoms. The summed E-state index contributed by atoms with van der Waals surface area (Å²) in [6, 6.07) is 6.59. The van der Waals surface area contributed by atoms with Crippen molar-refractivity contribution in [1.82, 2.24) is 5.32 Å². The lowest BCUT2D eigenvalue weighted by molar-refractivity contribution is 0.0929. The Morgan fingerprint density at radius 1 is 1.50 bits per heavy atom. The number of hydrogen-bond donors (Lipinski definition) is 1. The quantitative estimate of drug-likeness (QED) is 0.909. The maximum absolute atomic E-state index is 6.15. The summed E-state index contributed by atoms with van der Waals surface area (Å²) in [7, 11) is 1.97. The highest BCUT2D eigenvalue weighted by molar-refractivity contribution is 6.30. The second-order valence-electron chi connectivity index (χ2n) is 4.63. The van der Waals surface area contributed by atoms with Gasteiger partial charge in [0, 0.05) is 23.8 Å². The van der Waals surface area contributed by atoms with Gasteiger partial charge in [0.2, 0.25) is 0 Å². The van der Waals surface area contributed by atoms with Crippen LogP contribution in [0.2, 0.25) is 5.02 Å². The fraction of sp³-hybridized carbons (Fsp3) is 0.571. The van der Waals surface area contributed by atoms with Crippen LogP contribution < -0.4 is 10.2 Å². The molecule has 0 bridgehead atoms. The number of morpholine rings is 1. The largest absolute Gasteiger partial charge is 0.377 e. The van der Waals surface area contributed by atoms with E-state index in [-0.39, 0.29) is 0 Å². The Balaban J connectivity index is 2.31. The lowest BCUT2D eigenvalue weighted by atomic mass is 10.1. The highest BCUT2D eigenvalue weighted by Crippen LogP contribution is 2.28. The van der Waals surface area contributed by atoms with Crippen molar-refractivity contribution in [3.05, 3.63) is 28.8 Å². The van der Waals surface area contributed by atoms with E-state index in [0.717, 1.165) is 37.7 Å². The SMILES string of the molecule is CCC1COCCN1c1cc(Cl)ccc1CNC. The average Bonchev–Trinajstić information content (AvgIpc) is 2.41. The van der Waals surface area contributed by atoms with Crippen LogP contribution in [0, 0.1) is 0 Å². The van der Waals surface area contributed by atoms with E-state index in [1.165, 1.54) is 11.3 Å². The normalized spacial score (nSPS) is 20.2. The summed E-state index contributed by atoms with van der Waals surface area (Å²) in [5.41, 5.74) is 2.54. The minimum atomic E-state index is 0.452. The third-order valence-electron chi connectivity index (χ3n) is 3.42. The van der Waals surface area contributed by atoms with Crippen LogP contribution >= 0.6 is 11.6 Å². The Morgan fingerprint density at radius 3 is 3.06 bits per heavy atom. The summed E-state index contributed by atoms with van der Waals surface area (Å²) in [6.45, 7) is 5.61. The number of hydrogen-bond acceptors (Lipinski definition) is 3. The molecule has 1 aliphatic rings. The molecule has 2 rings (SSSR count). The number of nitrogens with zero attached hydrogens (tertiary/aromatic N) is 1. The molecule has 1 fully saturated rings. The van der Waals surface area contributed by atoms with Gasteiger partial charge in [-0.2, -0.15) is 0 Å².